The summed E-state index contributed by atoms with van der Waals surface area (Å²) in [5, 5.41) is 0.824. The Labute approximate surface area is 88.6 Å². The molecule has 0 spiro atoms. The molecule has 2 nitrogen and oxygen atoms in total. The van der Waals surface area contributed by atoms with Crippen LogP contribution in [-0.2, 0) is 6.42 Å². The highest BCUT2D eigenvalue weighted by Gasteiger charge is 2.37. The van der Waals surface area contributed by atoms with Gasteiger partial charge in [0.1, 0.15) is 0 Å². The summed E-state index contributed by atoms with van der Waals surface area (Å²) in [5.41, 5.74) is 8.76. The Bertz CT molecular complexity index is 378. The number of rotatable bonds is 0. The summed E-state index contributed by atoms with van der Waals surface area (Å²) in [6.07, 6.45) is 2.20. The summed E-state index contributed by atoms with van der Waals surface area (Å²) in [6, 6.07) is 7.01. The molecule has 1 aromatic carbocycles. The maximum atomic E-state index is 6.06. The van der Waals surface area contributed by atoms with Crippen LogP contribution in [0.15, 0.2) is 18.2 Å². The maximum absolute atomic E-state index is 6.06. The average molecular weight is 209 g/mol. The van der Waals surface area contributed by atoms with Gasteiger partial charge in [0.05, 0.1) is 0 Å². The smallest absolute Gasteiger partial charge is 0.0482 e. The molecule has 3 rings (SSSR count). The van der Waals surface area contributed by atoms with E-state index < -0.39 is 0 Å². The molecule has 2 atom stereocenters. The van der Waals surface area contributed by atoms with E-state index in [-0.39, 0.29) is 0 Å². The van der Waals surface area contributed by atoms with Crippen LogP contribution >= 0.6 is 11.6 Å². The number of halogens is 1. The van der Waals surface area contributed by atoms with E-state index in [0.29, 0.717) is 12.1 Å². The Morgan fingerprint density at radius 2 is 2.29 bits per heavy atom. The number of nitrogens with two attached hydrogens (primary N) is 1. The highest BCUT2D eigenvalue weighted by molar-refractivity contribution is 6.30. The zero-order chi connectivity index (χ0) is 9.71. The van der Waals surface area contributed by atoms with Crippen molar-refractivity contribution in [3.63, 3.8) is 0 Å². The standard InChI is InChI=1S/C11H13ClN2/c12-8-2-1-7-5-11-9(13)3-4-14(11)10(7)6-8/h1-2,6,9,11H,3-5,13H2. The second kappa shape index (κ2) is 2.88. The molecule has 0 radical (unpaired) electrons. The van der Waals surface area contributed by atoms with Crippen LogP contribution in [0.25, 0.3) is 0 Å². The fourth-order valence-corrected chi connectivity index (χ4v) is 2.81. The van der Waals surface area contributed by atoms with E-state index in [9.17, 15) is 0 Å². The molecule has 2 aliphatic rings. The van der Waals surface area contributed by atoms with E-state index in [1.807, 2.05) is 6.07 Å². The van der Waals surface area contributed by atoms with Gasteiger partial charge in [-0.15, -0.1) is 0 Å². The van der Waals surface area contributed by atoms with Crippen molar-refractivity contribution in [3.8, 4) is 0 Å². The molecule has 1 aromatic rings. The summed E-state index contributed by atoms with van der Waals surface area (Å²) >= 11 is 5.99. The molecular formula is C11H13ClN2. The molecule has 14 heavy (non-hydrogen) atoms. The zero-order valence-corrected chi connectivity index (χ0v) is 8.67. The number of hydrogen-bond acceptors (Lipinski definition) is 2. The lowest BCUT2D eigenvalue weighted by Crippen LogP contribution is -2.36. The van der Waals surface area contributed by atoms with Gasteiger partial charge in [0.25, 0.3) is 0 Å². The third kappa shape index (κ3) is 1.07. The molecule has 2 heterocycles. The van der Waals surface area contributed by atoms with Crippen molar-refractivity contribution in [2.24, 2.45) is 5.73 Å². The summed E-state index contributed by atoms with van der Waals surface area (Å²) in [5.74, 6) is 0. The van der Waals surface area contributed by atoms with E-state index in [0.717, 1.165) is 24.4 Å². The molecule has 0 amide bonds. The van der Waals surface area contributed by atoms with Gasteiger partial charge in [-0.05, 0) is 30.5 Å². The fraction of sp³-hybridized carbons (Fsp3) is 0.455. The molecule has 74 valence electrons. The van der Waals surface area contributed by atoms with Crippen LogP contribution in [0.1, 0.15) is 12.0 Å². The van der Waals surface area contributed by atoms with Gasteiger partial charge >= 0.3 is 0 Å². The predicted octanol–water partition coefficient (Wildman–Crippen LogP) is 1.80. The first kappa shape index (κ1) is 8.57. The highest BCUT2D eigenvalue weighted by Crippen LogP contribution is 2.38. The minimum atomic E-state index is 0.334. The van der Waals surface area contributed by atoms with Gasteiger partial charge in [0.15, 0.2) is 0 Å². The SMILES string of the molecule is NC1CCN2c3cc(Cl)ccc3CC12. The summed E-state index contributed by atoms with van der Waals surface area (Å²) in [6.45, 7) is 1.08. The molecule has 1 saturated heterocycles. The molecule has 0 saturated carbocycles. The fourth-order valence-electron chi connectivity index (χ4n) is 2.64. The largest absolute Gasteiger partial charge is 0.366 e. The van der Waals surface area contributed by atoms with E-state index >= 15 is 0 Å². The maximum Gasteiger partial charge on any atom is 0.0482 e. The van der Waals surface area contributed by atoms with Crippen LogP contribution in [-0.4, -0.2) is 18.6 Å². The van der Waals surface area contributed by atoms with Crippen molar-refractivity contribution in [2.45, 2.75) is 24.9 Å². The second-order valence-corrected chi connectivity index (χ2v) is 4.63. The highest BCUT2D eigenvalue weighted by atomic mass is 35.5. The lowest BCUT2D eigenvalue weighted by atomic mass is 10.0. The van der Waals surface area contributed by atoms with Crippen LogP contribution in [0.3, 0.4) is 0 Å². The Hall–Kier alpha value is -0.730. The Morgan fingerprint density at radius 1 is 1.43 bits per heavy atom. The lowest BCUT2D eigenvalue weighted by molar-refractivity contribution is 0.600. The summed E-state index contributed by atoms with van der Waals surface area (Å²) < 4.78 is 0. The average Bonchev–Trinajstić information content (AvgIpc) is 2.67. The van der Waals surface area contributed by atoms with Gasteiger partial charge in [-0.1, -0.05) is 17.7 Å². The van der Waals surface area contributed by atoms with Crippen LogP contribution in [0.5, 0.6) is 0 Å². The van der Waals surface area contributed by atoms with Crippen molar-refractivity contribution >= 4 is 17.3 Å². The van der Waals surface area contributed by atoms with Crippen molar-refractivity contribution < 1.29 is 0 Å². The predicted molar refractivity (Wildman–Crippen MR) is 58.9 cm³/mol. The lowest BCUT2D eigenvalue weighted by Gasteiger charge is -2.20. The van der Waals surface area contributed by atoms with Crippen LogP contribution < -0.4 is 10.6 Å². The molecule has 1 fully saturated rings. The van der Waals surface area contributed by atoms with Crippen molar-refractivity contribution in [1.82, 2.24) is 0 Å². The zero-order valence-electron chi connectivity index (χ0n) is 7.91. The number of nitrogens with zero attached hydrogens (tertiary/aromatic N) is 1. The van der Waals surface area contributed by atoms with Gasteiger partial charge < -0.3 is 10.6 Å². The van der Waals surface area contributed by atoms with Crippen molar-refractivity contribution in [1.29, 1.82) is 0 Å². The monoisotopic (exact) mass is 208 g/mol. The second-order valence-electron chi connectivity index (χ2n) is 4.19. The van der Waals surface area contributed by atoms with Crippen LogP contribution in [0, 0.1) is 0 Å². The van der Waals surface area contributed by atoms with Crippen LogP contribution in [0.4, 0.5) is 5.69 Å². The number of hydrogen-bond donors (Lipinski definition) is 1. The molecule has 2 N–H and O–H groups in total. The third-order valence-corrected chi connectivity index (χ3v) is 3.62. The number of fused-ring (bicyclic) bond motifs is 3. The van der Waals surface area contributed by atoms with Gasteiger partial charge in [0, 0.05) is 29.3 Å². The topological polar surface area (TPSA) is 29.3 Å². The molecule has 0 bridgehead atoms. The van der Waals surface area contributed by atoms with E-state index in [1.165, 1.54) is 11.3 Å². The van der Waals surface area contributed by atoms with E-state index in [1.54, 1.807) is 0 Å². The molecule has 3 heteroatoms. The molecule has 0 aromatic heterocycles. The molecular weight excluding hydrogens is 196 g/mol. The first-order valence-corrected chi connectivity index (χ1v) is 5.44. The first-order chi connectivity index (χ1) is 6.75. The van der Waals surface area contributed by atoms with Gasteiger partial charge in [-0.25, -0.2) is 0 Å². The molecule has 0 aliphatic carbocycles. The molecule has 2 aliphatic heterocycles. The van der Waals surface area contributed by atoms with Crippen LogP contribution in [0.2, 0.25) is 5.02 Å². The molecule has 2 unspecified atom stereocenters. The van der Waals surface area contributed by atoms with E-state index in [2.05, 4.69) is 17.0 Å². The first-order valence-electron chi connectivity index (χ1n) is 5.06. The Kier molecular flexibility index (Phi) is 1.76. The minimum absolute atomic E-state index is 0.334. The number of anilines is 1. The Balaban J connectivity index is 2.05. The third-order valence-electron chi connectivity index (χ3n) is 3.38. The summed E-state index contributed by atoms with van der Waals surface area (Å²) in [4.78, 5) is 2.41. The van der Waals surface area contributed by atoms with Gasteiger partial charge in [-0.3, -0.25) is 0 Å². The van der Waals surface area contributed by atoms with Crippen molar-refractivity contribution in [3.05, 3.63) is 28.8 Å². The Morgan fingerprint density at radius 3 is 3.14 bits per heavy atom. The quantitative estimate of drug-likeness (QED) is 0.705. The minimum Gasteiger partial charge on any atom is -0.366 e. The number of benzene rings is 1. The van der Waals surface area contributed by atoms with Crippen molar-refractivity contribution in [2.75, 3.05) is 11.4 Å². The van der Waals surface area contributed by atoms with Gasteiger partial charge in [0.2, 0.25) is 0 Å². The van der Waals surface area contributed by atoms with E-state index in [4.69, 9.17) is 17.3 Å². The van der Waals surface area contributed by atoms with Gasteiger partial charge in [-0.2, -0.15) is 0 Å². The summed E-state index contributed by atoms with van der Waals surface area (Å²) in [7, 11) is 0. The normalized spacial score (nSPS) is 29.1.